The van der Waals surface area contributed by atoms with Crippen LogP contribution in [0.4, 0.5) is 5.69 Å². The van der Waals surface area contributed by atoms with Gasteiger partial charge in [0.25, 0.3) is 5.69 Å². The van der Waals surface area contributed by atoms with E-state index in [1.165, 1.54) is 12.1 Å². The number of aryl methyl sites for hydroxylation is 1. The molecule has 2 aromatic rings. The van der Waals surface area contributed by atoms with Crippen LogP contribution in [0.3, 0.4) is 0 Å². The molecule has 4 nitrogen and oxygen atoms in total. The molecule has 0 fully saturated rings. The first kappa shape index (κ1) is 9.45. The van der Waals surface area contributed by atoms with Crippen molar-refractivity contribution in [2.45, 2.75) is 6.92 Å². The summed E-state index contributed by atoms with van der Waals surface area (Å²) in [5.41, 5.74) is 1.79. The number of hydrogen-bond donors (Lipinski definition) is 0. The van der Waals surface area contributed by atoms with E-state index in [4.69, 9.17) is 4.42 Å². The quantitative estimate of drug-likeness (QED) is 0.556. The fourth-order valence-corrected chi connectivity index (χ4v) is 1.42. The van der Waals surface area contributed by atoms with Crippen LogP contribution in [-0.4, -0.2) is 4.92 Å². The van der Waals surface area contributed by atoms with Crippen molar-refractivity contribution in [2.24, 2.45) is 0 Å². The predicted molar refractivity (Wildman–Crippen MR) is 55.5 cm³/mol. The Morgan fingerprint density at radius 1 is 1.33 bits per heavy atom. The molecule has 0 aliphatic carbocycles. The SMILES string of the molecule is Cc1ccc([N+](=O)[O-])cc1-c1ccco1. The van der Waals surface area contributed by atoms with E-state index < -0.39 is 4.92 Å². The zero-order chi connectivity index (χ0) is 10.8. The summed E-state index contributed by atoms with van der Waals surface area (Å²) in [7, 11) is 0. The second-order valence-electron chi connectivity index (χ2n) is 3.23. The van der Waals surface area contributed by atoms with E-state index in [0.717, 1.165) is 11.1 Å². The number of nitrogens with zero attached hydrogens (tertiary/aromatic N) is 1. The van der Waals surface area contributed by atoms with Gasteiger partial charge in [-0.25, -0.2) is 0 Å². The fourth-order valence-electron chi connectivity index (χ4n) is 1.42. The molecule has 0 saturated heterocycles. The topological polar surface area (TPSA) is 56.3 Å². The molecule has 76 valence electrons. The summed E-state index contributed by atoms with van der Waals surface area (Å²) in [6, 6.07) is 8.27. The third-order valence-electron chi connectivity index (χ3n) is 2.22. The lowest BCUT2D eigenvalue weighted by Crippen LogP contribution is -1.89. The molecule has 0 bridgehead atoms. The molecular formula is C11H9NO3. The van der Waals surface area contributed by atoms with Crippen LogP contribution in [0.15, 0.2) is 41.0 Å². The highest BCUT2D eigenvalue weighted by Gasteiger charge is 2.11. The van der Waals surface area contributed by atoms with Crippen molar-refractivity contribution >= 4 is 5.69 Å². The van der Waals surface area contributed by atoms with Gasteiger partial charge < -0.3 is 4.42 Å². The first-order valence-electron chi connectivity index (χ1n) is 4.47. The Hall–Kier alpha value is -2.10. The number of rotatable bonds is 2. The summed E-state index contributed by atoms with van der Waals surface area (Å²) >= 11 is 0. The third-order valence-corrected chi connectivity index (χ3v) is 2.22. The summed E-state index contributed by atoms with van der Waals surface area (Å²) in [5.74, 6) is 0.649. The molecule has 0 N–H and O–H groups in total. The van der Waals surface area contributed by atoms with Gasteiger partial charge in [0.2, 0.25) is 0 Å². The van der Waals surface area contributed by atoms with Gasteiger partial charge >= 0.3 is 0 Å². The average molecular weight is 203 g/mol. The van der Waals surface area contributed by atoms with E-state index in [1.54, 1.807) is 24.5 Å². The van der Waals surface area contributed by atoms with Gasteiger partial charge in [-0.3, -0.25) is 10.1 Å². The monoisotopic (exact) mass is 203 g/mol. The lowest BCUT2D eigenvalue weighted by Gasteiger charge is -2.01. The Kier molecular flexibility index (Phi) is 2.25. The van der Waals surface area contributed by atoms with Crippen LogP contribution >= 0.6 is 0 Å². The summed E-state index contributed by atoms with van der Waals surface area (Å²) in [4.78, 5) is 10.2. The Labute approximate surface area is 86.3 Å². The molecule has 1 heterocycles. The number of hydrogen-bond acceptors (Lipinski definition) is 3. The molecule has 0 aliphatic heterocycles. The summed E-state index contributed by atoms with van der Waals surface area (Å²) in [6.07, 6.45) is 1.55. The first-order valence-corrected chi connectivity index (χ1v) is 4.47. The van der Waals surface area contributed by atoms with Crippen molar-refractivity contribution in [1.82, 2.24) is 0 Å². The summed E-state index contributed by atoms with van der Waals surface area (Å²) in [6.45, 7) is 1.89. The van der Waals surface area contributed by atoms with E-state index in [0.29, 0.717) is 5.76 Å². The van der Waals surface area contributed by atoms with Gasteiger partial charge in [0.15, 0.2) is 0 Å². The standard InChI is InChI=1S/C11H9NO3/c1-8-4-5-9(12(13)14)7-10(8)11-3-2-6-15-11/h2-7H,1H3. The zero-order valence-corrected chi connectivity index (χ0v) is 8.14. The number of benzene rings is 1. The van der Waals surface area contributed by atoms with Gasteiger partial charge in [0.05, 0.1) is 11.2 Å². The average Bonchev–Trinajstić information content (AvgIpc) is 2.71. The number of non-ortho nitro benzene ring substituents is 1. The smallest absolute Gasteiger partial charge is 0.270 e. The predicted octanol–water partition coefficient (Wildman–Crippen LogP) is 3.16. The molecule has 0 aliphatic rings. The Bertz CT molecular complexity index is 489. The van der Waals surface area contributed by atoms with Gasteiger partial charge in [0.1, 0.15) is 5.76 Å². The van der Waals surface area contributed by atoms with Gasteiger partial charge in [-0.1, -0.05) is 6.07 Å². The van der Waals surface area contributed by atoms with Crippen molar-refractivity contribution in [3.63, 3.8) is 0 Å². The molecule has 15 heavy (non-hydrogen) atoms. The van der Waals surface area contributed by atoms with E-state index in [9.17, 15) is 10.1 Å². The maximum absolute atomic E-state index is 10.6. The van der Waals surface area contributed by atoms with Crippen molar-refractivity contribution in [3.05, 3.63) is 52.3 Å². The molecule has 1 aromatic heterocycles. The number of nitro benzene ring substituents is 1. The normalized spacial score (nSPS) is 10.2. The van der Waals surface area contributed by atoms with Crippen LogP contribution in [0.25, 0.3) is 11.3 Å². The van der Waals surface area contributed by atoms with Crippen molar-refractivity contribution < 1.29 is 9.34 Å². The lowest BCUT2D eigenvalue weighted by molar-refractivity contribution is -0.384. The van der Waals surface area contributed by atoms with Gasteiger partial charge in [0, 0.05) is 17.7 Å². The number of furan rings is 1. The van der Waals surface area contributed by atoms with Crippen LogP contribution in [0, 0.1) is 17.0 Å². The van der Waals surface area contributed by atoms with Crippen LogP contribution in [0.2, 0.25) is 0 Å². The van der Waals surface area contributed by atoms with Crippen molar-refractivity contribution in [3.8, 4) is 11.3 Å². The van der Waals surface area contributed by atoms with Gasteiger partial charge in [-0.05, 0) is 24.6 Å². The van der Waals surface area contributed by atoms with E-state index >= 15 is 0 Å². The summed E-state index contributed by atoms with van der Waals surface area (Å²) in [5, 5.41) is 10.6. The minimum atomic E-state index is -0.411. The molecular weight excluding hydrogens is 194 g/mol. The fraction of sp³-hybridized carbons (Fsp3) is 0.0909. The summed E-state index contributed by atoms with van der Waals surface area (Å²) < 4.78 is 5.21. The van der Waals surface area contributed by atoms with E-state index in [1.807, 2.05) is 6.92 Å². The molecule has 2 rings (SSSR count). The molecule has 0 saturated carbocycles. The highest BCUT2D eigenvalue weighted by molar-refractivity contribution is 5.65. The van der Waals surface area contributed by atoms with Crippen molar-refractivity contribution in [2.75, 3.05) is 0 Å². The maximum Gasteiger partial charge on any atom is 0.270 e. The maximum atomic E-state index is 10.6. The first-order chi connectivity index (χ1) is 7.18. The lowest BCUT2D eigenvalue weighted by atomic mass is 10.1. The Balaban J connectivity index is 2.55. The van der Waals surface area contributed by atoms with E-state index in [2.05, 4.69) is 0 Å². The van der Waals surface area contributed by atoms with E-state index in [-0.39, 0.29) is 5.69 Å². The highest BCUT2D eigenvalue weighted by atomic mass is 16.6. The van der Waals surface area contributed by atoms with Crippen LogP contribution in [0.5, 0.6) is 0 Å². The van der Waals surface area contributed by atoms with Crippen LogP contribution in [0.1, 0.15) is 5.56 Å². The molecule has 4 heteroatoms. The highest BCUT2D eigenvalue weighted by Crippen LogP contribution is 2.27. The third kappa shape index (κ3) is 1.74. The second kappa shape index (κ2) is 3.57. The van der Waals surface area contributed by atoms with Crippen LogP contribution in [-0.2, 0) is 0 Å². The van der Waals surface area contributed by atoms with Crippen LogP contribution < -0.4 is 0 Å². The van der Waals surface area contributed by atoms with Gasteiger partial charge in [-0.2, -0.15) is 0 Å². The molecule has 0 amide bonds. The Morgan fingerprint density at radius 3 is 2.73 bits per heavy atom. The zero-order valence-electron chi connectivity index (χ0n) is 8.14. The molecule has 0 atom stereocenters. The molecule has 1 aromatic carbocycles. The Morgan fingerprint density at radius 2 is 2.13 bits per heavy atom. The van der Waals surface area contributed by atoms with Gasteiger partial charge in [-0.15, -0.1) is 0 Å². The molecule has 0 radical (unpaired) electrons. The second-order valence-corrected chi connectivity index (χ2v) is 3.23. The van der Waals surface area contributed by atoms with Crippen molar-refractivity contribution in [1.29, 1.82) is 0 Å². The molecule has 0 unspecified atom stereocenters. The largest absolute Gasteiger partial charge is 0.464 e. The molecule has 0 spiro atoms. The number of nitro groups is 1. The minimum Gasteiger partial charge on any atom is -0.464 e. The minimum absolute atomic E-state index is 0.0759.